The van der Waals surface area contributed by atoms with Gasteiger partial charge >= 0.3 is 6.09 Å². The molecule has 1 aliphatic rings. The van der Waals surface area contributed by atoms with Gasteiger partial charge in [0.2, 0.25) is 0 Å². The smallest absolute Gasteiger partial charge is 0.410 e. The maximum absolute atomic E-state index is 13.4. The molecule has 0 aliphatic carbocycles. The Morgan fingerprint density at radius 3 is 2.46 bits per heavy atom. The Balaban J connectivity index is 1.30. The molecule has 0 saturated carbocycles. The highest BCUT2D eigenvalue weighted by Gasteiger charge is 2.30. The fourth-order valence-electron chi connectivity index (χ4n) is 4.85. The highest BCUT2D eigenvalue weighted by molar-refractivity contribution is 7.23. The lowest BCUT2D eigenvalue weighted by Crippen LogP contribution is -2.35. The van der Waals surface area contributed by atoms with E-state index in [0.29, 0.717) is 31.7 Å². The first kappa shape index (κ1) is 25.3. The van der Waals surface area contributed by atoms with Crippen molar-refractivity contribution >= 4 is 49.9 Å². The second-order valence-corrected chi connectivity index (χ2v) is 11.5. The van der Waals surface area contributed by atoms with E-state index in [1.54, 1.807) is 16.2 Å². The lowest BCUT2D eigenvalue weighted by Gasteiger charge is -2.26. The number of carbonyl (C=O) groups is 2. The first-order chi connectivity index (χ1) is 19.1. The molecule has 0 saturated heterocycles. The van der Waals surface area contributed by atoms with E-state index in [2.05, 4.69) is 23.5 Å². The van der Waals surface area contributed by atoms with Crippen LogP contribution in [0.5, 0.6) is 0 Å². The maximum Gasteiger partial charge on any atom is 0.410 e. The summed E-state index contributed by atoms with van der Waals surface area (Å²) in [6.07, 6.45) is 1.19. The number of fused-ring (bicyclic) bond motifs is 2. The van der Waals surface area contributed by atoms with Crippen LogP contribution < -0.4 is 5.32 Å². The zero-order valence-electron chi connectivity index (χ0n) is 21.5. The molecule has 0 bridgehead atoms. The van der Waals surface area contributed by atoms with Crippen molar-refractivity contribution in [1.82, 2.24) is 9.88 Å². The average molecular weight is 554 g/mol. The van der Waals surface area contributed by atoms with Gasteiger partial charge in [-0.1, -0.05) is 54.6 Å². The number of amides is 2. The molecule has 5 aromatic rings. The molecular weight excluding hydrogens is 526 g/mol. The van der Waals surface area contributed by atoms with E-state index in [9.17, 15) is 9.59 Å². The van der Waals surface area contributed by atoms with Crippen molar-refractivity contribution in [2.24, 2.45) is 0 Å². The third-order valence-corrected chi connectivity index (χ3v) is 8.97. The summed E-state index contributed by atoms with van der Waals surface area (Å²) in [4.78, 5) is 33.5. The summed E-state index contributed by atoms with van der Waals surface area (Å²) in [7, 11) is 0. The molecule has 3 heterocycles. The molecule has 3 aromatic carbocycles. The summed E-state index contributed by atoms with van der Waals surface area (Å²) in [5.41, 5.74) is 6.03. The van der Waals surface area contributed by atoms with Crippen LogP contribution in [0.3, 0.4) is 0 Å². The number of thiazole rings is 1. The van der Waals surface area contributed by atoms with Gasteiger partial charge in [0.1, 0.15) is 10.0 Å². The van der Waals surface area contributed by atoms with Crippen molar-refractivity contribution in [3.63, 3.8) is 0 Å². The Morgan fingerprint density at radius 2 is 1.69 bits per heavy atom. The van der Waals surface area contributed by atoms with Gasteiger partial charge in [-0.15, -0.1) is 22.7 Å². The van der Waals surface area contributed by atoms with Crippen LogP contribution in [0.2, 0.25) is 0 Å². The number of nitrogens with one attached hydrogen (secondary N) is 1. The molecule has 6 nitrogen and oxygen atoms in total. The fraction of sp³-hybridized carbons (Fsp3) is 0.194. The van der Waals surface area contributed by atoms with Gasteiger partial charge in [-0.25, -0.2) is 9.78 Å². The minimum Gasteiger partial charge on any atom is -0.450 e. The second kappa shape index (κ2) is 11.0. The lowest BCUT2D eigenvalue weighted by atomic mass is 10.0. The van der Waals surface area contributed by atoms with Crippen LogP contribution in [-0.4, -0.2) is 35.0 Å². The van der Waals surface area contributed by atoms with E-state index < -0.39 is 0 Å². The zero-order chi connectivity index (χ0) is 26.8. The zero-order valence-corrected chi connectivity index (χ0v) is 23.1. The van der Waals surface area contributed by atoms with Crippen molar-refractivity contribution in [3.05, 3.63) is 106 Å². The Labute approximate surface area is 234 Å². The summed E-state index contributed by atoms with van der Waals surface area (Å²) in [6.45, 7) is 3.18. The largest absolute Gasteiger partial charge is 0.450 e. The summed E-state index contributed by atoms with van der Waals surface area (Å²) in [5.74, 6) is -0.163. The Bertz CT molecular complexity index is 1610. The highest BCUT2D eigenvalue weighted by atomic mass is 32.1. The molecule has 1 N–H and O–H groups in total. The summed E-state index contributed by atoms with van der Waals surface area (Å²) < 4.78 is 6.34. The van der Waals surface area contributed by atoms with Gasteiger partial charge in [0, 0.05) is 22.5 Å². The molecule has 2 amide bonds. The molecular formula is C31H27N3O3S2. The molecule has 6 rings (SSSR count). The minimum atomic E-state index is -0.306. The monoisotopic (exact) mass is 553 g/mol. The van der Waals surface area contributed by atoms with Crippen LogP contribution in [0.25, 0.3) is 20.8 Å². The van der Waals surface area contributed by atoms with Crippen molar-refractivity contribution in [1.29, 1.82) is 0 Å². The van der Waals surface area contributed by atoms with Crippen LogP contribution in [0.1, 0.15) is 38.8 Å². The summed E-state index contributed by atoms with van der Waals surface area (Å²) in [6, 6.07) is 26.1. The maximum atomic E-state index is 13.4. The van der Waals surface area contributed by atoms with Crippen LogP contribution in [0.15, 0.2) is 78.9 Å². The highest BCUT2D eigenvalue weighted by Crippen LogP contribution is 2.46. The number of aromatic nitrogens is 1. The number of hydrogen-bond acceptors (Lipinski definition) is 6. The standard InChI is InChI=1S/C31H27N3O3S2/c1-2-37-31(36)34-17-16-23-26(19-34)39-30(27(23)29-32-24-10-6-7-11-25(24)38-29)33-28(35)22-14-12-21(13-15-22)18-20-8-4-3-5-9-20/h3-15H,2,16-19H2,1H3,(H,33,35). The number of ether oxygens (including phenoxy) is 1. The number of benzene rings is 3. The molecule has 39 heavy (non-hydrogen) atoms. The summed E-state index contributed by atoms with van der Waals surface area (Å²) in [5, 5.41) is 4.82. The Kier molecular flexibility index (Phi) is 7.13. The van der Waals surface area contributed by atoms with Crippen LogP contribution in [0, 0.1) is 0 Å². The van der Waals surface area contributed by atoms with Crippen molar-refractivity contribution in [2.45, 2.75) is 26.3 Å². The van der Waals surface area contributed by atoms with Gasteiger partial charge in [0.15, 0.2) is 0 Å². The number of anilines is 1. The third-order valence-electron chi connectivity index (χ3n) is 6.78. The van der Waals surface area contributed by atoms with Gasteiger partial charge in [0.25, 0.3) is 5.91 Å². The average Bonchev–Trinajstić information content (AvgIpc) is 3.54. The third kappa shape index (κ3) is 5.30. The lowest BCUT2D eigenvalue weighted by molar-refractivity contribution is 0.102. The van der Waals surface area contributed by atoms with Gasteiger partial charge in [-0.3, -0.25) is 4.79 Å². The molecule has 0 atom stereocenters. The Morgan fingerprint density at radius 1 is 0.949 bits per heavy atom. The topological polar surface area (TPSA) is 71.5 Å². The van der Waals surface area contributed by atoms with Crippen LogP contribution in [0.4, 0.5) is 9.80 Å². The predicted molar refractivity (Wildman–Crippen MR) is 158 cm³/mol. The fourth-order valence-corrected chi connectivity index (χ4v) is 7.22. The quantitative estimate of drug-likeness (QED) is 0.238. The van der Waals surface area contributed by atoms with E-state index in [1.807, 2.05) is 67.6 Å². The molecule has 2 aromatic heterocycles. The van der Waals surface area contributed by atoms with Crippen LogP contribution >= 0.6 is 22.7 Å². The van der Waals surface area contributed by atoms with Gasteiger partial charge in [0.05, 0.1) is 23.4 Å². The van der Waals surface area contributed by atoms with Crippen molar-refractivity contribution < 1.29 is 14.3 Å². The van der Waals surface area contributed by atoms with E-state index in [4.69, 9.17) is 9.72 Å². The number of nitrogens with zero attached hydrogens (tertiary/aromatic N) is 2. The number of carbonyl (C=O) groups excluding carboxylic acids is 2. The van der Waals surface area contributed by atoms with Gasteiger partial charge < -0.3 is 15.0 Å². The van der Waals surface area contributed by atoms with Gasteiger partial charge in [-0.05, 0) is 60.7 Å². The van der Waals surface area contributed by atoms with E-state index in [-0.39, 0.29) is 12.0 Å². The number of hydrogen-bond donors (Lipinski definition) is 1. The SMILES string of the molecule is CCOC(=O)N1CCc2c(sc(NC(=O)c3ccc(Cc4ccccc4)cc3)c2-c2nc3ccccc3s2)C1. The van der Waals surface area contributed by atoms with E-state index >= 15 is 0 Å². The van der Waals surface area contributed by atoms with Crippen molar-refractivity contribution in [3.8, 4) is 10.6 Å². The van der Waals surface area contributed by atoms with E-state index in [1.165, 1.54) is 16.9 Å². The molecule has 1 aliphatic heterocycles. The number of thiophene rings is 1. The molecule has 196 valence electrons. The molecule has 0 spiro atoms. The van der Waals surface area contributed by atoms with E-state index in [0.717, 1.165) is 48.2 Å². The predicted octanol–water partition coefficient (Wildman–Crippen LogP) is 7.38. The Hall–Kier alpha value is -4.01. The second-order valence-electron chi connectivity index (χ2n) is 9.38. The number of para-hydroxylation sites is 1. The molecule has 8 heteroatoms. The first-order valence-corrected chi connectivity index (χ1v) is 14.6. The van der Waals surface area contributed by atoms with Crippen LogP contribution in [-0.2, 0) is 24.1 Å². The molecule has 0 fully saturated rings. The normalized spacial score (nSPS) is 12.8. The van der Waals surface area contributed by atoms with Crippen molar-refractivity contribution in [2.75, 3.05) is 18.5 Å². The first-order valence-electron chi connectivity index (χ1n) is 13.0. The van der Waals surface area contributed by atoms with Gasteiger partial charge in [-0.2, -0.15) is 0 Å². The minimum absolute atomic E-state index is 0.163. The molecule has 0 radical (unpaired) electrons. The summed E-state index contributed by atoms with van der Waals surface area (Å²) >= 11 is 3.14. The number of rotatable bonds is 6. The molecule has 0 unspecified atom stereocenters.